The van der Waals surface area contributed by atoms with Gasteiger partial charge in [0.05, 0.1) is 30.1 Å². The van der Waals surface area contributed by atoms with Crippen molar-refractivity contribution in [3.05, 3.63) is 33.5 Å². The van der Waals surface area contributed by atoms with Crippen molar-refractivity contribution in [3.63, 3.8) is 0 Å². The number of hydrogen-bond acceptors (Lipinski definition) is 3. The van der Waals surface area contributed by atoms with Gasteiger partial charge in [-0.25, -0.2) is 13.3 Å². The van der Waals surface area contributed by atoms with E-state index in [9.17, 15) is 13.4 Å². The van der Waals surface area contributed by atoms with Crippen molar-refractivity contribution in [1.82, 2.24) is 4.72 Å². The van der Waals surface area contributed by atoms with Gasteiger partial charge in [0.25, 0.3) is 0 Å². The second-order valence-electron chi connectivity index (χ2n) is 5.13. The van der Waals surface area contributed by atoms with Gasteiger partial charge in [-0.15, -0.1) is 0 Å². The summed E-state index contributed by atoms with van der Waals surface area (Å²) in [4.78, 5) is 11.8. The zero-order chi connectivity index (χ0) is 16.9. The van der Waals surface area contributed by atoms with Crippen LogP contribution in [-0.2, 0) is 20.5 Å². The highest BCUT2D eigenvalue weighted by Crippen LogP contribution is 2.28. The largest absolute Gasteiger partial charge is 0.466 e. The summed E-state index contributed by atoms with van der Waals surface area (Å²) in [5, 5.41) is -0.123. The Balaban J connectivity index is 3.13. The Bertz CT molecular complexity index is 566. The zero-order valence-corrected chi connectivity index (χ0v) is 15.5. The van der Waals surface area contributed by atoms with Crippen molar-refractivity contribution in [2.24, 2.45) is 0 Å². The van der Waals surface area contributed by atoms with Crippen LogP contribution in [-0.4, -0.2) is 22.0 Å². The van der Waals surface area contributed by atoms with Crippen LogP contribution in [0.5, 0.6) is 0 Å². The summed E-state index contributed by atoms with van der Waals surface area (Å²) in [5.74, 6) is -0.795. The molecule has 0 aliphatic heterocycles. The lowest BCUT2D eigenvalue weighted by Gasteiger charge is -2.21. The molecule has 0 aliphatic rings. The third-order valence-electron chi connectivity index (χ3n) is 3.09. The Morgan fingerprint density at radius 1 is 1.45 bits per heavy atom. The van der Waals surface area contributed by atoms with Gasteiger partial charge < -0.3 is 4.74 Å². The van der Waals surface area contributed by atoms with E-state index in [4.69, 9.17) is 4.74 Å². The molecule has 2 atom stereocenters. The number of rotatable bonds is 7. The van der Waals surface area contributed by atoms with Crippen LogP contribution in [0.4, 0.5) is 4.39 Å². The molecule has 0 spiro atoms. The fourth-order valence-electron chi connectivity index (χ4n) is 1.91. The van der Waals surface area contributed by atoms with E-state index in [1.807, 2.05) is 0 Å². The molecule has 1 unspecified atom stereocenters. The van der Waals surface area contributed by atoms with Crippen LogP contribution >= 0.6 is 15.9 Å². The molecular weight excluding hydrogens is 373 g/mol. The van der Waals surface area contributed by atoms with Crippen LogP contribution in [0.25, 0.3) is 0 Å². The second kappa shape index (κ2) is 8.74. The van der Waals surface area contributed by atoms with Crippen LogP contribution in [0.15, 0.2) is 16.6 Å². The number of nitrogens with one attached hydrogen (secondary N) is 1. The van der Waals surface area contributed by atoms with E-state index in [2.05, 4.69) is 20.7 Å². The van der Waals surface area contributed by atoms with Gasteiger partial charge in [-0.2, -0.15) is 0 Å². The van der Waals surface area contributed by atoms with E-state index in [0.29, 0.717) is 15.6 Å². The monoisotopic (exact) mass is 393 g/mol. The molecule has 0 amide bonds. The van der Waals surface area contributed by atoms with Crippen molar-refractivity contribution in [3.8, 4) is 0 Å². The van der Waals surface area contributed by atoms with Gasteiger partial charge in [0.1, 0.15) is 5.82 Å². The van der Waals surface area contributed by atoms with E-state index in [1.165, 1.54) is 6.07 Å². The highest BCUT2D eigenvalue weighted by atomic mass is 79.9. The van der Waals surface area contributed by atoms with Crippen molar-refractivity contribution in [2.75, 3.05) is 6.61 Å². The second-order valence-corrected chi connectivity index (χ2v) is 7.82. The molecule has 1 aromatic carbocycles. The van der Waals surface area contributed by atoms with Gasteiger partial charge in [-0.05, 0) is 51.0 Å². The number of benzene rings is 1. The molecule has 0 bridgehead atoms. The Hall–Kier alpha value is -0.790. The molecule has 0 fully saturated rings. The lowest BCUT2D eigenvalue weighted by Crippen LogP contribution is -2.31. The fraction of sp³-hybridized carbons (Fsp3) is 0.533. The third kappa shape index (κ3) is 5.44. The highest BCUT2D eigenvalue weighted by Gasteiger charge is 2.23. The van der Waals surface area contributed by atoms with Crippen LogP contribution < -0.4 is 4.72 Å². The minimum Gasteiger partial charge on any atom is -0.466 e. The van der Waals surface area contributed by atoms with E-state index in [-0.39, 0.29) is 24.1 Å². The topological polar surface area (TPSA) is 55.4 Å². The summed E-state index contributed by atoms with van der Waals surface area (Å²) in [6.45, 7) is 7.23. The van der Waals surface area contributed by atoms with Crippen LogP contribution in [0, 0.1) is 12.7 Å². The zero-order valence-electron chi connectivity index (χ0n) is 13.1. The maximum atomic E-state index is 13.9. The number of carbonyl (C=O) groups excluding carboxylic acids is 1. The first-order valence-corrected chi connectivity index (χ1v) is 9.04. The van der Waals surface area contributed by atoms with Crippen molar-refractivity contribution < 1.29 is 18.1 Å². The average Bonchev–Trinajstić information content (AvgIpc) is 2.42. The third-order valence-corrected chi connectivity index (χ3v) is 4.92. The first-order valence-electron chi connectivity index (χ1n) is 7.04. The summed E-state index contributed by atoms with van der Waals surface area (Å²) < 4.78 is 34.4. The molecule has 0 saturated heterocycles. The minimum absolute atomic E-state index is 0.0109. The average molecular weight is 394 g/mol. The lowest BCUT2D eigenvalue weighted by molar-refractivity contribution is -0.143. The molecule has 4 nitrogen and oxygen atoms in total. The van der Waals surface area contributed by atoms with Crippen molar-refractivity contribution in [2.45, 2.75) is 45.4 Å². The van der Waals surface area contributed by atoms with E-state index >= 15 is 0 Å². The molecule has 0 radical (unpaired) electrons. The summed E-state index contributed by atoms with van der Waals surface area (Å²) in [6.07, 6.45) is -0.0109. The molecule has 0 aromatic heterocycles. The molecule has 1 N–H and O–H groups in total. The van der Waals surface area contributed by atoms with Gasteiger partial charge in [0.15, 0.2) is 0 Å². The maximum Gasteiger partial charge on any atom is 0.307 e. The lowest BCUT2D eigenvalue weighted by atomic mass is 9.99. The molecule has 124 valence electrons. The molecule has 0 aliphatic carbocycles. The number of esters is 1. The predicted molar refractivity (Wildman–Crippen MR) is 89.2 cm³/mol. The highest BCUT2D eigenvalue weighted by molar-refractivity contribution is 9.10. The summed E-state index contributed by atoms with van der Waals surface area (Å²) in [7, 11) is -1.34. The molecule has 0 saturated carbocycles. The van der Waals surface area contributed by atoms with Crippen LogP contribution in [0.2, 0.25) is 0 Å². The van der Waals surface area contributed by atoms with Gasteiger partial charge in [0.2, 0.25) is 0 Å². The molecular formula is C15H21BrFNO3S. The maximum absolute atomic E-state index is 13.9. The smallest absolute Gasteiger partial charge is 0.307 e. The van der Waals surface area contributed by atoms with Crippen molar-refractivity contribution >= 4 is 32.9 Å². The van der Waals surface area contributed by atoms with E-state index in [1.54, 1.807) is 33.8 Å². The first-order chi connectivity index (χ1) is 10.3. The SMILES string of the molecule is CCOC(=O)CC(N[S@](=O)C(C)C)c1cc(Br)cc(F)c1C. The van der Waals surface area contributed by atoms with Gasteiger partial charge >= 0.3 is 5.97 Å². The van der Waals surface area contributed by atoms with E-state index in [0.717, 1.165) is 0 Å². The molecule has 1 rings (SSSR count). The minimum atomic E-state index is -1.34. The Kier molecular flexibility index (Phi) is 7.65. The van der Waals surface area contributed by atoms with Crippen molar-refractivity contribution in [1.29, 1.82) is 0 Å². The normalized spacial score (nSPS) is 14.0. The first kappa shape index (κ1) is 19.3. The summed E-state index contributed by atoms with van der Waals surface area (Å²) in [6, 6.07) is 2.52. The quantitative estimate of drug-likeness (QED) is 0.720. The molecule has 7 heteroatoms. The number of hydrogen-bond donors (Lipinski definition) is 1. The Morgan fingerprint density at radius 3 is 2.64 bits per heavy atom. The van der Waals surface area contributed by atoms with Crippen LogP contribution in [0.3, 0.4) is 0 Å². The van der Waals surface area contributed by atoms with Gasteiger partial charge in [-0.3, -0.25) is 4.79 Å². The Labute approximate surface area is 141 Å². The van der Waals surface area contributed by atoms with E-state index < -0.39 is 23.0 Å². The van der Waals surface area contributed by atoms with Crippen LogP contribution in [0.1, 0.15) is 44.4 Å². The standard InChI is InChI=1S/C15H21BrFNO3S/c1-5-21-15(19)8-14(18-22(20)9(2)3)12-6-11(16)7-13(17)10(12)4/h6-7,9,14,18H,5,8H2,1-4H3/t14?,22-/m1/s1. The fourth-order valence-corrected chi connectivity index (χ4v) is 3.12. The predicted octanol–water partition coefficient (Wildman–Crippen LogP) is 3.55. The van der Waals surface area contributed by atoms with Gasteiger partial charge in [-0.1, -0.05) is 15.9 Å². The number of ether oxygens (including phenoxy) is 1. The summed E-state index contributed by atoms with van der Waals surface area (Å²) >= 11 is 3.25. The number of halogens is 2. The summed E-state index contributed by atoms with van der Waals surface area (Å²) in [5.41, 5.74) is 1.01. The number of carbonyl (C=O) groups is 1. The Morgan fingerprint density at radius 2 is 2.09 bits per heavy atom. The van der Waals surface area contributed by atoms with Gasteiger partial charge in [0, 0.05) is 9.72 Å². The molecule has 1 aromatic rings. The molecule has 22 heavy (non-hydrogen) atoms. The molecule has 0 heterocycles.